The highest BCUT2D eigenvalue weighted by Crippen LogP contribution is 2.39. The number of nitro benzene ring substituents is 1. The molecule has 2 aromatic carbocycles. The van der Waals surface area contributed by atoms with Gasteiger partial charge in [0.2, 0.25) is 6.17 Å². The van der Waals surface area contributed by atoms with Crippen LogP contribution < -0.4 is 10.6 Å². The second-order valence-corrected chi connectivity index (χ2v) is 8.58. The summed E-state index contributed by atoms with van der Waals surface area (Å²) in [5, 5.41) is 12.4. The Morgan fingerprint density at radius 1 is 1.28 bits per heavy atom. The van der Waals surface area contributed by atoms with E-state index in [2.05, 4.69) is 4.99 Å². The van der Waals surface area contributed by atoms with Crippen LogP contribution in [0.5, 0.6) is 0 Å². The van der Waals surface area contributed by atoms with Crippen molar-refractivity contribution in [1.29, 1.82) is 0 Å². The number of urea groups is 1. The summed E-state index contributed by atoms with van der Waals surface area (Å²) >= 11 is 0. The van der Waals surface area contributed by atoms with Crippen molar-refractivity contribution in [2.45, 2.75) is 39.0 Å². The topological polar surface area (TPSA) is 131 Å². The van der Waals surface area contributed by atoms with Gasteiger partial charge in [-0.25, -0.2) is 9.79 Å². The third kappa shape index (κ3) is 3.80. The number of rotatable bonds is 4. The van der Waals surface area contributed by atoms with Crippen LogP contribution in [0.3, 0.4) is 0 Å². The van der Waals surface area contributed by atoms with E-state index in [4.69, 9.17) is 10.6 Å². The van der Waals surface area contributed by atoms with Gasteiger partial charge in [-0.15, -0.1) is 0 Å². The number of carbonyl (C=O) groups excluding carboxylic acids is 2. The summed E-state index contributed by atoms with van der Waals surface area (Å²) in [5.74, 6) is -0.493. The Balaban J connectivity index is 1.98. The molecule has 0 unspecified atom stereocenters. The second kappa shape index (κ2) is 7.72. The molecular formula is C22H23N5O5. The molecule has 0 spiro atoms. The van der Waals surface area contributed by atoms with E-state index in [1.165, 1.54) is 17.0 Å². The number of amides is 3. The lowest BCUT2D eigenvalue weighted by atomic mass is 9.97. The number of hydrogen-bond donors (Lipinski definition) is 1. The Morgan fingerprint density at radius 2 is 1.97 bits per heavy atom. The molecule has 166 valence electrons. The smallest absolute Gasteiger partial charge is 0.341 e. The monoisotopic (exact) mass is 437 g/mol. The van der Waals surface area contributed by atoms with Gasteiger partial charge in [0.25, 0.3) is 11.6 Å². The van der Waals surface area contributed by atoms with E-state index < -0.39 is 28.6 Å². The number of aliphatic imine (C=N–C) groups is 1. The number of nitrogens with zero attached hydrogens (tertiary/aromatic N) is 4. The van der Waals surface area contributed by atoms with E-state index >= 15 is 0 Å². The maximum Gasteiger partial charge on any atom is 0.341 e. The standard InChI is InChI=1S/C22H23N5O5/c1-22(2,3)32-26(21(23)29)19-20(28)25-10-9-14-11-15(27(30)31)12-16(18(14)25)17(24-19)13-7-5-4-6-8-13/h4-8,11-12,19H,9-10H2,1-3H3,(H2,23,29)/t19-/m1/s1. The van der Waals surface area contributed by atoms with Gasteiger partial charge in [0, 0.05) is 29.8 Å². The Bertz CT molecular complexity index is 1140. The molecule has 0 saturated carbocycles. The van der Waals surface area contributed by atoms with Crippen molar-refractivity contribution in [2.75, 3.05) is 11.4 Å². The van der Waals surface area contributed by atoms with Gasteiger partial charge < -0.3 is 10.6 Å². The minimum absolute atomic E-state index is 0.0900. The highest BCUT2D eigenvalue weighted by Gasteiger charge is 2.42. The van der Waals surface area contributed by atoms with Crippen LogP contribution in [0.15, 0.2) is 47.5 Å². The third-order valence-electron chi connectivity index (χ3n) is 5.11. The maximum absolute atomic E-state index is 13.6. The molecule has 0 fully saturated rings. The summed E-state index contributed by atoms with van der Waals surface area (Å²) in [7, 11) is 0. The van der Waals surface area contributed by atoms with Gasteiger partial charge in [-0.2, -0.15) is 5.06 Å². The van der Waals surface area contributed by atoms with E-state index in [1.54, 1.807) is 45.0 Å². The first kappa shape index (κ1) is 21.4. The molecule has 2 aliphatic rings. The minimum atomic E-state index is -1.39. The van der Waals surface area contributed by atoms with Gasteiger partial charge in [0.05, 0.1) is 21.9 Å². The molecule has 32 heavy (non-hydrogen) atoms. The van der Waals surface area contributed by atoms with Crippen molar-refractivity contribution in [3.8, 4) is 0 Å². The van der Waals surface area contributed by atoms with Crippen molar-refractivity contribution in [3.63, 3.8) is 0 Å². The lowest BCUT2D eigenvalue weighted by Gasteiger charge is -2.32. The van der Waals surface area contributed by atoms with E-state index in [9.17, 15) is 19.7 Å². The van der Waals surface area contributed by atoms with Crippen molar-refractivity contribution in [2.24, 2.45) is 10.7 Å². The van der Waals surface area contributed by atoms with Crippen LogP contribution in [0.2, 0.25) is 0 Å². The van der Waals surface area contributed by atoms with Crippen LogP contribution in [0.25, 0.3) is 0 Å². The summed E-state index contributed by atoms with van der Waals surface area (Å²) in [6.45, 7) is 5.46. The molecule has 0 radical (unpaired) electrons. The average molecular weight is 437 g/mol. The van der Waals surface area contributed by atoms with Gasteiger partial charge in [-0.05, 0) is 32.8 Å². The predicted molar refractivity (Wildman–Crippen MR) is 117 cm³/mol. The number of benzene rings is 2. The van der Waals surface area contributed by atoms with E-state index in [1.807, 2.05) is 6.07 Å². The molecule has 0 aromatic heterocycles. The molecule has 0 saturated heterocycles. The molecule has 2 aliphatic heterocycles. The highest BCUT2D eigenvalue weighted by atomic mass is 16.7. The van der Waals surface area contributed by atoms with Crippen molar-refractivity contribution < 1.29 is 19.3 Å². The molecule has 2 N–H and O–H groups in total. The van der Waals surface area contributed by atoms with E-state index in [0.29, 0.717) is 41.1 Å². The van der Waals surface area contributed by atoms with Crippen LogP contribution in [0.1, 0.15) is 37.5 Å². The van der Waals surface area contributed by atoms with Crippen molar-refractivity contribution >= 4 is 29.0 Å². The summed E-state index contributed by atoms with van der Waals surface area (Å²) in [4.78, 5) is 48.8. The largest absolute Gasteiger partial charge is 0.350 e. The maximum atomic E-state index is 13.6. The molecule has 4 rings (SSSR count). The van der Waals surface area contributed by atoms with Crippen LogP contribution in [-0.4, -0.2) is 45.9 Å². The SMILES string of the molecule is CC(C)(C)ON(C(N)=O)[C@H]1N=C(c2ccccc2)c2cc([N+](=O)[O-])cc3c2N(CC3)C1=O. The lowest BCUT2D eigenvalue weighted by molar-refractivity contribution is -0.384. The van der Waals surface area contributed by atoms with Crippen LogP contribution in [0, 0.1) is 10.1 Å². The molecule has 3 amide bonds. The fraction of sp³-hybridized carbons (Fsp3) is 0.318. The summed E-state index contributed by atoms with van der Waals surface area (Å²) in [6, 6.07) is 10.9. The zero-order valence-corrected chi connectivity index (χ0v) is 17.9. The van der Waals surface area contributed by atoms with Gasteiger partial charge in [0.15, 0.2) is 0 Å². The van der Waals surface area contributed by atoms with Crippen molar-refractivity contribution in [1.82, 2.24) is 5.06 Å². The molecule has 2 heterocycles. The van der Waals surface area contributed by atoms with E-state index in [0.717, 1.165) is 5.06 Å². The number of non-ortho nitro benzene ring substituents is 1. The number of nitrogens with two attached hydrogens (primary N) is 1. The fourth-order valence-electron chi connectivity index (χ4n) is 3.91. The van der Waals surface area contributed by atoms with Crippen molar-refractivity contribution in [3.05, 3.63) is 69.3 Å². The number of nitro groups is 1. The molecule has 0 bridgehead atoms. The predicted octanol–water partition coefficient (Wildman–Crippen LogP) is 2.77. The Morgan fingerprint density at radius 3 is 2.56 bits per heavy atom. The lowest BCUT2D eigenvalue weighted by Crippen LogP contribution is -2.53. The molecule has 2 aromatic rings. The van der Waals surface area contributed by atoms with Crippen LogP contribution in [-0.2, 0) is 16.1 Å². The first-order valence-corrected chi connectivity index (χ1v) is 10.1. The Hall–Kier alpha value is -3.79. The molecule has 0 aliphatic carbocycles. The van der Waals surface area contributed by atoms with Gasteiger partial charge in [-0.1, -0.05) is 30.3 Å². The average Bonchev–Trinajstić information content (AvgIpc) is 3.11. The third-order valence-corrected chi connectivity index (χ3v) is 5.11. The zero-order valence-electron chi connectivity index (χ0n) is 17.9. The summed E-state index contributed by atoms with van der Waals surface area (Å²) in [6.07, 6.45) is -0.944. The minimum Gasteiger partial charge on any atom is -0.350 e. The quantitative estimate of drug-likeness (QED) is 0.580. The summed E-state index contributed by atoms with van der Waals surface area (Å²) in [5.41, 5.74) is 7.33. The number of hydrogen-bond acceptors (Lipinski definition) is 6. The second-order valence-electron chi connectivity index (χ2n) is 8.58. The normalized spacial score (nSPS) is 17.5. The summed E-state index contributed by atoms with van der Waals surface area (Å²) < 4.78 is 0. The van der Waals surface area contributed by atoms with Crippen LogP contribution in [0.4, 0.5) is 16.2 Å². The Kier molecular flexibility index (Phi) is 5.17. The number of hydroxylamine groups is 2. The van der Waals surface area contributed by atoms with Gasteiger partial charge in [0.1, 0.15) is 0 Å². The first-order valence-electron chi connectivity index (χ1n) is 10.1. The molecule has 1 atom stereocenters. The molecular weight excluding hydrogens is 414 g/mol. The first-order chi connectivity index (χ1) is 15.1. The fourth-order valence-corrected chi connectivity index (χ4v) is 3.91. The Labute approximate surface area is 184 Å². The number of carbonyl (C=O) groups is 2. The van der Waals surface area contributed by atoms with Gasteiger partial charge >= 0.3 is 6.03 Å². The molecule has 10 nitrogen and oxygen atoms in total. The number of anilines is 1. The van der Waals surface area contributed by atoms with E-state index in [-0.39, 0.29) is 5.69 Å². The molecule has 10 heteroatoms. The van der Waals surface area contributed by atoms with Crippen LogP contribution >= 0.6 is 0 Å². The number of primary amides is 1. The van der Waals surface area contributed by atoms with Gasteiger partial charge in [-0.3, -0.25) is 19.7 Å². The zero-order chi connectivity index (χ0) is 23.2. The highest BCUT2D eigenvalue weighted by molar-refractivity contribution is 6.21.